The number of anilines is 1. The van der Waals surface area contributed by atoms with Crippen molar-refractivity contribution in [1.29, 1.82) is 0 Å². The topological polar surface area (TPSA) is 640 Å². The summed E-state index contributed by atoms with van der Waals surface area (Å²) >= 11 is 2.52. The molecule has 548 valence electrons. The molecule has 3 aliphatic heterocycles. The minimum atomic E-state index is -2.20. The summed E-state index contributed by atoms with van der Waals surface area (Å²) in [7, 11) is 0. The average Bonchev–Trinajstić information content (AvgIpc) is 1.15. The molecule has 4 aromatic heterocycles. The van der Waals surface area contributed by atoms with Gasteiger partial charge in [0.05, 0.1) is 85.9 Å². The first-order chi connectivity index (χ1) is 47.0. The van der Waals surface area contributed by atoms with Crippen LogP contribution in [0.1, 0.15) is 88.8 Å². The number of hydrogen-bond acceptors (Lipinski definition) is 33. The van der Waals surface area contributed by atoms with E-state index in [-0.39, 0.29) is 54.0 Å². The molecular formula is C57H86N18O22S2. The van der Waals surface area contributed by atoms with Gasteiger partial charge in [0.2, 0.25) is 29.5 Å². The number of ether oxygens (including phenoxy) is 6. The third kappa shape index (κ3) is 20.9. The lowest BCUT2D eigenvalue weighted by atomic mass is 9.96. The Morgan fingerprint density at radius 1 is 0.788 bits per heavy atom. The van der Waals surface area contributed by atoms with Gasteiger partial charge >= 0.3 is 6.09 Å². The van der Waals surface area contributed by atoms with Crippen molar-refractivity contribution in [2.75, 3.05) is 71.4 Å². The number of nitrogens with one attached hydrogen (secondary N) is 7. The molecule has 7 heterocycles. The van der Waals surface area contributed by atoms with Gasteiger partial charge in [-0.2, -0.15) is 0 Å². The van der Waals surface area contributed by atoms with Crippen molar-refractivity contribution < 1.29 is 108 Å². The number of carbonyl (C=O) groups is 8. The molecule has 0 radical (unpaired) electrons. The van der Waals surface area contributed by atoms with Gasteiger partial charge in [0.1, 0.15) is 94.6 Å². The Kier molecular flexibility index (Phi) is 29.0. The number of H-pyrrole nitrogens is 1. The van der Waals surface area contributed by atoms with E-state index in [4.69, 9.17) is 57.1 Å². The molecule has 8 amide bonds. The highest BCUT2D eigenvalue weighted by Crippen LogP contribution is 2.35. The summed E-state index contributed by atoms with van der Waals surface area (Å²) in [6, 6.07) is -7.86. The van der Waals surface area contributed by atoms with Gasteiger partial charge in [0, 0.05) is 61.9 Å². The van der Waals surface area contributed by atoms with Crippen molar-refractivity contribution in [2.24, 2.45) is 28.9 Å². The molecule has 0 unspecified atom stereocenters. The Morgan fingerprint density at radius 2 is 1.48 bits per heavy atom. The zero-order valence-corrected chi connectivity index (χ0v) is 55.8. The van der Waals surface area contributed by atoms with Crippen molar-refractivity contribution in [1.82, 2.24) is 66.7 Å². The fourth-order valence-electron chi connectivity index (χ4n) is 10.6. The first kappa shape index (κ1) is 78.6. The van der Waals surface area contributed by atoms with Crippen molar-refractivity contribution in [3.05, 3.63) is 56.8 Å². The van der Waals surface area contributed by atoms with E-state index in [1.165, 1.54) is 50.4 Å². The third-order valence-corrected chi connectivity index (χ3v) is 18.1. The molecule has 0 aromatic carbocycles. The maximum atomic E-state index is 15.2. The number of aliphatic hydroxyl groups excluding tert-OH is 8. The molecule has 0 aliphatic carbocycles. The van der Waals surface area contributed by atoms with E-state index in [1.807, 2.05) is 0 Å². The third-order valence-electron chi connectivity index (χ3n) is 16.3. The normalized spacial score (nSPS) is 24.7. The van der Waals surface area contributed by atoms with Gasteiger partial charge in [-0.25, -0.2) is 29.7 Å². The zero-order chi connectivity index (χ0) is 72.5. The summed E-state index contributed by atoms with van der Waals surface area (Å²) in [5.74, 6) is -8.72. The molecule has 0 spiro atoms. The number of morpholine rings is 1. The van der Waals surface area contributed by atoms with Crippen LogP contribution in [-0.4, -0.2) is 287 Å². The number of nitrogens with two attached hydrogens (primary N) is 5. The number of aliphatic hydroxyl groups is 8. The lowest BCUT2D eigenvalue weighted by Crippen LogP contribution is -2.65. The SMILES string of the molecule is Cc1c(N)nc([C@H](CC(N)=O)NC[C@H](N)C(N)=O)nc1C(=O)N[C@H](C(=O)N[C@H](C)[C@@H](O)[C@H](C)C(=O)N[C@H](C(=O)NCCc1nc(-c2nc(C(=O)NCCCN3CCOCC3)cs2)cs1)[C@@H](C)O)[C@@H](O[C@@H]1O[C@@H](CO)[C@@H](O)[C@H](O)[C@@H]1O[C@H]1O[C@H](CO)[C@@H](O)[C@H](OC(N)=O)[C@@H]1O)c1cnc[nH]1. The number of nitrogen functional groups attached to an aromatic ring is 1. The quantitative estimate of drug-likeness (QED) is 0.0190. The van der Waals surface area contributed by atoms with Crippen LogP contribution in [0.25, 0.3) is 10.7 Å². The molecule has 4 aromatic rings. The summed E-state index contributed by atoms with van der Waals surface area (Å²) in [6.45, 7) is 7.00. The van der Waals surface area contributed by atoms with Gasteiger partial charge in [0.15, 0.2) is 18.7 Å². The average molecular weight is 1440 g/mol. The maximum absolute atomic E-state index is 15.2. The Balaban J connectivity index is 1.10. The van der Waals surface area contributed by atoms with Crippen molar-refractivity contribution >= 4 is 75.9 Å². The summed E-state index contributed by atoms with van der Waals surface area (Å²) in [5.41, 5.74) is 28.1. The van der Waals surface area contributed by atoms with Crippen molar-refractivity contribution in [3.63, 3.8) is 0 Å². The van der Waals surface area contributed by atoms with Gasteiger partial charge in [-0.15, -0.1) is 22.7 Å². The lowest BCUT2D eigenvalue weighted by molar-refractivity contribution is -0.372. The van der Waals surface area contributed by atoms with E-state index in [9.17, 15) is 74.4 Å². The number of hydrogen-bond donors (Lipinski definition) is 20. The van der Waals surface area contributed by atoms with Crippen LogP contribution >= 0.6 is 22.7 Å². The van der Waals surface area contributed by atoms with Crippen LogP contribution in [0.3, 0.4) is 0 Å². The van der Waals surface area contributed by atoms with E-state index >= 15 is 4.79 Å². The van der Waals surface area contributed by atoms with Gasteiger partial charge in [0.25, 0.3) is 11.8 Å². The molecule has 40 nitrogen and oxygen atoms in total. The Morgan fingerprint density at radius 3 is 2.13 bits per heavy atom. The van der Waals surface area contributed by atoms with E-state index in [0.717, 1.165) is 38.6 Å². The number of imidazole rings is 1. The number of nitrogens with zero attached hydrogens (tertiary/aromatic N) is 6. The predicted molar refractivity (Wildman–Crippen MR) is 342 cm³/mol. The van der Waals surface area contributed by atoms with Gasteiger partial charge in [-0.3, -0.25) is 38.5 Å². The number of rotatable bonds is 35. The Labute approximate surface area is 572 Å². The van der Waals surface area contributed by atoms with Crippen LogP contribution in [0.15, 0.2) is 23.3 Å². The first-order valence-corrected chi connectivity index (χ1v) is 33.0. The lowest BCUT2D eigenvalue weighted by Gasteiger charge is -2.47. The summed E-state index contributed by atoms with van der Waals surface area (Å²) < 4.78 is 34.1. The molecular weight excluding hydrogens is 1350 g/mol. The molecule has 25 N–H and O–H groups in total. The molecule has 3 aliphatic rings. The molecule has 99 heavy (non-hydrogen) atoms. The molecule has 7 rings (SSSR count). The maximum Gasteiger partial charge on any atom is 0.404 e. The van der Waals surface area contributed by atoms with Crippen LogP contribution < -0.4 is 60.6 Å². The highest BCUT2D eigenvalue weighted by atomic mass is 32.1. The number of thiazole rings is 2. The van der Waals surface area contributed by atoms with Crippen LogP contribution in [0.4, 0.5) is 10.6 Å². The Hall–Kier alpha value is -7.73. The van der Waals surface area contributed by atoms with Gasteiger partial charge < -0.3 is 135 Å². The van der Waals surface area contributed by atoms with E-state index < -0.39 is 183 Å². The molecule has 3 saturated heterocycles. The number of primary amides is 3. The number of carbonyl (C=O) groups excluding carboxylic acids is 8. The number of aromatic amines is 1. The van der Waals surface area contributed by atoms with Crippen molar-refractivity contribution in [2.45, 2.75) is 157 Å². The molecule has 19 atom stereocenters. The second-order valence-corrected chi connectivity index (χ2v) is 25.4. The highest BCUT2D eigenvalue weighted by molar-refractivity contribution is 7.14. The molecule has 0 bridgehead atoms. The van der Waals surface area contributed by atoms with Crippen LogP contribution in [0, 0.1) is 12.8 Å². The van der Waals surface area contributed by atoms with E-state index in [0.29, 0.717) is 35.5 Å². The largest absolute Gasteiger partial charge is 0.441 e. The van der Waals surface area contributed by atoms with Gasteiger partial charge in [-0.05, 0) is 33.7 Å². The van der Waals surface area contributed by atoms with E-state index in [2.05, 4.69) is 66.7 Å². The van der Waals surface area contributed by atoms with E-state index in [1.54, 1.807) is 10.8 Å². The van der Waals surface area contributed by atoms with Crippen LogP contribution in [-0.2, 0) is 58.8 Å². The molecule has 42 heteroatoms. The summed E-state index contributed by atoms with van der Waals surface area (Å²) in [5, 5.41) is 108. The second-order valence-electron chi connectivity index (χ2n) is 23.6. The smallest absolute Gasteiger partial charge is 0.404 e. The van der Waals surface area contributed by atoms with Crippen LogP contribution in [0.2, 0.25) is 0 Å². The minimum absolute atomic E-state index is 0.0114. The highest BCUT2D eigenvalue weighted by Gasteiger charge is 2.54. The number of amides is 8. The number of aromatic nitrogens is 6. The van der Waals surface area contributed by atoms with Crippen LogP contribution in [0.5, 0.6) is 0 Å². The second kappa shape index (κ2) is 36.6. The molecule has 0 saturated carbocycles. The van der Waals surface area contributed by atoms with Gasteiger partial charge in [-0.1, -0.05) is 6.92 Å². The minimum Gasteiger partial charge on any atom is -0.441 e. The summed E-state index contributed by atoms with van der Waals surface area (Å²) in [4.78, 5) is 133. The first-order valence-electron chi connectivity index (χ1n) is 31.3. The fourth-order valence-corrected chi connectivity index (χ4v) is 12.2. The predicted octanol–water partition coefficient (Wildman–Crippen LogP) is -8.25. The Bertz CT molecular complexity index is 3370. The monoisotopic (exact) mass is 1440 g/mol. The zero-order valence-electron chi connectivity index (χ0n) is 54.2. The standard InChI is InChI=1S/C57H86N18O22S2/c1-22-35(71-48(74-46(22)60)27(14-33(59)79)66-15-26(58)47(61)85)52(89)73-37(43(28-16-63-21-67-28)95-56-45(41(83)39(81)31(17-76)94-56)96-55-42(84)44(97-57(62)91)40(82)32(18-77)93-55)53(90)68-24(3)38(80)23(2)49(86)72-36(25(4)78)51(88)65-8-6-34-69-30(20-98-34)54-70-29(19-99-54)50(87)64-7-5-9-75-10-12-92-13-11-75/h16,19-21,23-27,31-32,36-45,55-56,66,76-78,80-84H,5-15,17-18,58H2,1-4H3,(H2,59,79)(H2,61,85)(H2,62,91)(H,63,67)(H,64,87)(H,65,88)(H,68,90)(H,72,86)(H,73,89)(H2,60,71,74)/t23-,24+,25+,26-,27-,31-,32+,36-,37-,38-,39+,40+,41-,42-,43-,44-,45-,55+,56-/m0/s1. The fraction of sp³-hybridized carbons (Fsp3) is 0.632. The summed E-state index contributed by atoms with van der Waals surface area (Å²) in [6.07, 6.45) is -24.4. The van der Waals surface area contributed by atoms with Crippen molar-refractivity contribution in [3.8, 4) is 10.7 Å². The molecule has 3 fully saturated rings.